The molecule has 0 bridgehead atoms. The van der Waals surface area contributed by atoms with E-state index >= 15 is 0 Å². The highest BCUT2D eigenvalue weighted by Gasteiger charge is 2.26. The second-order valence-electron chi connectivity index (χ2n) is 4.08. The molecule has 1 aromatic heterocycles. The Morgan fingerprint density at radius 1 is 1.24 bits per heavy atom. The molecular weight excluding hydrogens is 321 g/mol. The molecule has 0 atom stereocenters. The minimum Gasteiger partial charge on any atom is -0.469 e. The van der Waals surface area contributed by atoms with Crippen LogP contribution in [0, 0.1) is 5.92 Å². The topological polar surface area (TPSA) is 126 Å². The maximum Gasteiger partial charge on any atom is 0.243 e. The van der Waals surface area contributed by atoms with Gasteiger partial charge < -0.3 is 20.5 Å². The van der Waals surface area contributed by atoms with Crippen molar-refractivity contribution in [2.75, 3.05) is 20.2 Å². The van der Waals surface area contributed by atoms with Gasteiger partial charge in [0.05, 0.1) is 0 Å². The number of amides is 1. The first-order valence-corrected chi connectivity index (χ1v) is 6.84. The summed E-state index contributed by atoms with van der Waals surface area (Å²) in [6, 6.07) is 0. The van der Waals surface area contributed by atoms with E-state index < -0.39 is 0 Å². The zero-order valence-corrected chi connectivity index (χ0v) is 13.1. The van der Waals surface area contributed by atoms with E-state index in [1.54, 1.807) is 0 Å². The van der Waals surface area contributed by atoms with Crippen LogP contribution in [0.2, 0.25) is 10.0 Å². The van der Waals surface area contributed by atoms with Crippen LogP contribution < -0.4 is 21.6 Å². The van der Waals surface area contributed by atoms with Crippen LogP contribution in [-0.4, -0.2) is 36.4 Å². The SMILES string of the molecule is CO.NC(=O)C1CC[N+](=c2c(Cl)cocc2Cl)CC1.NO. The molecule has 6 N–H and O–H groups in total. The van der Waals surface area contributed by atoms with Crippen molar-refractivity contribution in [3.8, 4) is 0 Å². The predicted octanol–water partition coefficient (Wildman–Crippen LogP) is 0.197. The van der Waals surface area contributed by atoms with Crippen LogP contribution >= 0.6 is 23.2 Å². The van der Waals surface area contributed by atoms with E-state index in [0.717, 1.165) is 38.4 Å². The lowest BCUT2D eigenvalue weighted by molar-refractivity contribution is -0.122. The molecule has 0 saturated carbocycles. The number of nitrogens with zero attached hydrogens (tertiary/aromatic N) is 1. The van der Waals surface area contributed by atoms with Crippen molar-refractivity contribution in [3.63, 3.8) is 0 Å². The quantitative estimate of drug-likeness (QED) is 0.429. The highest BCUT2D eigenvalue weighted by molar-refractivity contribution is 6.34. The minimum atomic E-state index is -0.232. The molecule has 1 aromatic rings. The van der Waals surface area contributed by atoms with Crippen LogP contribution in [0.5, 0.6) is 0 Å². The fraction of sp³-hybridized carbons (Fsp3) is 0.500. The van der Waals surface area contributed by atoms with Crippen molar-refractivity contribution >= 4 is 29.1 Å². The number of hydrogen-bond donors (Lipinski definition) is 4. The highest BCUT2D eigenvalue weighted by Crippen LogP contribution is 2.14. The molecule has 7 nitrogen and oxygen atoms in total. The number of rotatable bonds is 1. The fourth-order valence-corrected chi connectivity index (χ4v) is 2.66. The van der Waals surface area contributed by atoms with Crippen LogP contribution in [0.1, 0.15) is 12.8 Å². The Labute approximate surface area is 132 Å². The van der Waals surface area contributed by atoms with E-state index in [1.807, 2.05) is 0 Å². The Bertz CT molecular complexity index is 486. The average molecular weight is 341 g/mol. The molecule has 120 valence electrons. The van der Waals surface area contributed by atoms with Gasteiger partial charge in [-0.05, 0) is 0 Å². The smallest absolute Gasteiger partial charge is 0.243 e. The zero-order valence-electron chi connectivity index (χ0n) is 11.6. The van der Waals surface area contributed by atoms with Gasteiger partial charge in [-0.15, -0.1) is 0 Å². The Morgan fingerprint density at radius 3 is 2.05 bits per heavy atom. The van der Waals surface area contributed by atoms with Gasteiger partial charge in [0.1, 0.15) is 35.7 Å². The van der Waals surface area contributed by atoms with E-state index in [2.05, 4.69) is 10.5 Å². The summed E-state index contributed by atoms with van der Waals surface area (Å²) in [5, 5.41) is 15.2. The molecule has 2 rings (SSSR count). The minimum absolute atomic E-state index is 0.0443. The summed E-state index contributed by atoms with van der Waals surface area (Å²) < 4.78 is 7.02. The number of primary amides is 1. The van der Waals surface area contributed by atoms with Crippen LogP contribution in [0.4, 0.5) is 0 Å². The third-order valence-corrected chi connectivity index (χ3v) is 3.55. The molecule has 1 aliphatic heterocycles. The fourth-order valence-electron chi connectivity index (χ4n) is 2.07. The lowest BCUT2D eigenvalue weighted by atomic mass is 9.97. The molecule has 21 heavy (non-hydrogen) atoms. The van der Waals surface area contributed by atoms with E-state index in [0.29, 0.717) is 10.0 Å². The number of hydrogen-bond acceptors (Lipinski definition) is 5. The third-order valence-electron chi connectivity index (χ3n) is 3.01. The van der Waals surface area contributed by atoms with E-state index in [1.165, 1.54) is 12.5 Å². The molecule has 9 heteroatoms. The molecule has 1 saturated heterocycles. The summed E-state index contributed by atoms with van der Waals surface area (Å²) in [5.74, 6) is 3.22. The Balaban J connectivity index is 0.000000921. The number of aliphatic hydroxyl groups is 1. The average Bonchev–Trinajstić information content (AvgIpc) is 2.51. The summed E-state index contributed by atoms with van der Waals surface area (Å²) in [6.45, 7) is 1.44. The molecule has 0 spiro atoms. The first-order chi connectivity index (χ1) is 10.1. The summed E-state index contributed by atoms with van der Waals surface area (Å²) in [7, 11) is 1.00. The number of piperidine rings is 1. The van der Waals surface area contributed by atoms with Crippen molar-refractivity contribution in [1.29, 1.82) is 0 Å². The summed E-state index contributed by atoms with van der Waals surface area (Å²) >= 11 is 12.1. The van der Waals surface area contributed by atoms with Crippen LogP contribution in [0.3, 0.4) is 0 Å². The molecule has 0 aliphatic carbocycles. The Kier molecular flexibility index (Phi) is 10.0. The van der Waals surface area contributed by atoms with Crippen molar-refractivity contribution in [1.82, 2.24) is 4.58 Å². The molecule has 0 radical (unpaired) electrons. The number of aliphatic hydroxyl groups excluding tert-OH is 1. The van der Waals surface area contributed by atoms with Gasteiger partial charge >= 0.3 is 0 Å². The largest absolute Gasteiger partial charge is 0.469 e. The van der Waals surface area contributed by atoms with Gasteiger partial charge in [-0.25, -0.2) is 10.5 Å². The standard InChI is InChI=1S/C11H12Cl2N2O2.CH4O.H3NO/c12-8-5-17-6-9(13)10(8)15-3-1-7(2-4-15)11(14)16;2*1-2/h5-7H,1-4H2,(H-,14,16);2H,1H3;2H,1H2/p+1. The molecule has 1 fully saturated rings. The summed E-state index contributed by atoms with van der Waals surface area (Å²) in [5.41, 5.74) is 5.29. The van der Waals surface area contributed by atoms with Crippen LogP contribution in [0.25, 0.3) is 0 Å². The second kappa shape index (κ2) is 10.6. The number of nitrogens with two attached hydrogens (primary N) is 2. The molecule has 0 unspecified atom stereocenters. The summed E-state index contributed by atoms with van der Waals surface area (Å²) in [4.78, 5) is 11.1. The normalized spacial score (nSPS) is 17.0. The summed E-state index contributed by atoms with van der Waals surface area (Å²) in [6.07, 6.45) is 4.36. The first-order valence-electron chi connectivity index (χ1n) is 6.09. The van der Waals surface area contributed by atoms with E-state index in [9.17, 15) is 4.79 Å². The molecule has 1 amide bonds. The molecular formula is C12H20Cl2N3O4+. The zero-order chi connectivity index (χ0) is 16.4. The van der Waals surface area contributed by atoms with Gasteiger partial charge in [-0.2, -0.15) is 0 Å². The maximum absolute atomic E-state index is 11.1. The van der Waals surface area contributed by atoms with Crippen molar-refractivity contribution in [3.05, 3.63) is 27.9 Å². The molecule has 2 heterocycles. The van der Waals surface area contributed by atoms with E-state index in [4.69, 9.17) is 43.7 Å². The van der Waals surface area contributed by atoms with Gasteiger partial charge in [0, 0.05) is 25.9 Å². The first kappa shape index (κ1) is 19.9. The van der Waals surface area contributed by atoms with Gasteiger partial charge in [-0.1, -0.05) is 23.2 Å². The third kappa shape index (κ3) is 5.64. The lowest BCUT2D eigenvalue weighted by Crippen LogP contribution is -2.41. The molecule has 1 aliphatic rings. The number of carbonyl (C=O) groups excluding carboxylic acids is 1. The number of carbonyl (C=O) groups is 1. The van der Waals surface area contributed by atoms with Gasteiger partial charge in [0.2, 0.25) is 11.3 Å². The van der Waals surface area contributed by atoms with Crippen molar-refractivity contribution in [2.24, 2.45) is 17.5 Å². The van der Waals surface area contributed by atoms with Crippen LogP contribution in [0.15, 0.2) is 16.9 Å². The van der Waals surface area contributed by atoms with Crippen LogP contribution in [-0.2, 0) is 4.79 Å². The predicted molar refractivity (Wildman–Crippen MR) is 79.8 cm³/mol. The molecule has 0 aromatic carbocycles. The van der Waals surface area contributed by atoms with Crippen molar-refractivity contribution < 1.29 is 19.5 Å². The van der Waals surface area contributed by atoms with Crippen molar-refractivity contribution in [2.45, 2.75) is 12.8 Å². The van der Waals surface area contributed by atoms with E-state index in [-0.39, 0.29) is 11.8 Å². The monoisotopic (exact) mass is 340 g/mol. The Hall–Kier alpha value is -1.12. The Morgan fingerprint density at radius 2 is 1.67 bits per heavy atom. The highest BCUT2D eigenvalue weighted by atomic mass is 35.5. The van der Waals surface area contributed by atoms with Gasteiger partial charge in [-0.3, -0.25) is 4.79 Å². The van der Waals surface area contributed by atoms with Gasteiger partial charge in [0.25, 0.3) is 0 Å². The maximum atomic E-state index is 11.1. The van der Waals surface area contributed by atoms with Gasteiger partial charge in [0.15, 0.2) is 0 Å². The number of halogens is 2. The lowest BCUT2D eigenvalue weighted by Gasteiger charge is -2.17. The second-order valence-corrected chi connectivity index (χ2v) is 4.89.